The SMILES string of the molecule is CCc1cc(NC(=O)C(=O)N2C[C@@H](C)CCC2c2ccc(-c3nccs3)cc2)cnc1N. The molecule has 2 atom stereocenters. The third-order valence-corrected chi connectivity index (χ3v) is 6.71. The second kappa shape index (κ2) is 9.48. The molecule has 0 radical (unpaired) electrons. The lowest BCUT2D eigenvalue weighted by Crippen LogP contribution is -2.46. The number of carbonyl (C=O) groups excluding carboxylic acids is 2. The van der Waals surface area contributed by atoms with Crippen LogP contribution in [0.25, 0.3) is 10.6 Å². The zero-order chi connectivity index (χ0) is 22.7. The number of benzene rings is 1. The van der Waals surface area contributed by atoms with Gasteiger partial charge in [-0.2, -0.15) is 0 Å². The number of nitrogens with two attached hydrogens (primary N) is 1. The fourth-order valence-electron chi connectivity index (χ4n) is 4.12. The number of carbonyl (C=O) groups is 2. The number of aryl methyl sites for hydroxylation is 1. The summed E-state index contributed by atoms with van der Waals surface area (Å²) in [4.78, 5) is 36.2. The van der Waals surface area contributed by atoms with Gasteiger partial charge in [-0.3, -0.25) is 9.59 Å². The topological polar surface area (TPSA) is 101 Å². The number of nitrogens with zero attached hydrogens (tertiary/aromatic N) is 3. The zero-order valence-corrected chi connectivity index (χ0v) is 19.1. The Morgan fingerprint density at radius 2 is 2.00 bits per heavy atom. The first-order chi connectivity index (χ1) is 15.5. The van der Waals surface area contributed by atoms with Crippen molar-refractivity contribution in [2.24, 2.45) is 5.92 Å². The standard InChI is InChI=1S/C24H27N5O2S/c1-3-16-12-19(13-27-21(16)25)28-22(30)24(31)29-14-15(2)4-9-20(29)17-5-7-18(8-6-17)23-26-10-11-32-23/h5-8,10-13,15,20H,3-4,9,14H2,1-2H3,(H2,25,27)(H,28,30)/t15-,20?/m0/s1. The Bertz CT molecular complexity index is 1100. The number of hydrogen-bond donors (Lipinski definition) is 2. The molecular weight excluding hydrogens is 422 g/mol. The number of anilines is 2. The van der Waals surface area contributed by atoms with Crippen LogP contribution in [-0.2, 0) is 16.0 Å². The van der Waals surface area contributed by atoms with E-state index in [1.165, 1.54) is 6.20 Å². The van der Waals surface area contributed by atoms with Gasteiger partial charge in [-0.05, 0) is 42.4 Å². The number of nitrogens with one attached hydrogen (secondary N) is 1. The predicted molar refractivity (Wildman–Crippen MR) is 127 cm³/mol. The van der Waals surface area contributed by atoms with Crippen molar-refractivity contribution in [2.75, 3.05) is 17.6 Å². The van der Waals surface area contributed by atoms with Crippen molar-refractivity contribution < 1.29 is 9.59 Å². The maximum Gasteiger partial charge on any atom is 0.313 e. The summed E-state index contributed by atoms with van der Waals surface area (Å²) in [5.74, 6) is -0.414. The lowest BCUT2D eigenvalue weighted by Gasteiger charge is -2.38. The number of piperidine rings is 1. The van der Waals surface area contributed by atoms with E-state index >= 15 is 0 Å². The number of amides is 2. The Kier molecular flexibility index (Phi) is 6.50. The molecule has 1 aliphatic rings. The summed E-state index contributed by atoms with van der Waals surface area (Å²) in [6.07, 6.45) is 5.79. The lowest BCUT2D eigenvalue weighted by atomic mass is 9.89. The molecule has 2 amide bonds. The average Bonchev–Trinajstić information content (AvgIpc) is 3.35. The van der Waals surface area contributed by atoms with Crippen molar-refractivity contribution >= 4 is 34.7 Å². The van der Waals surface area contributed by atoms with E-state index < -0.39 is 11.8 Å². The number of pyridine rings is 1. The van der Waals surface area contributed by atoms with Crippen molar-refractivity contribution in [1.82, 2.24) is 14.9 Å². The van der Waals surface area contributed by atoms with Gasteiger partial charge in [0.05, 0.1) is 17.9 Å². The highest BCUT2D eigenvalue weighted by Crippen LogP contribution is 2.34. The van der Waals surface area contributed by atoms with Crippen molar-refractivity contribution in [2.45, 2.75) is 39.2 Å². The molecule has 3 heterocycles. The molecule has 3 aromatic rings. The van der Waals surface area contributed by atoms with Gasteiger partial charge in [0.1, 0.15) is 10.8 Å². The summed E-state index contributed by atoms with van der Waals surface area (Å²) in [6.45, 7) is 4.62. The van der Waals surface area contributed by atoms with E-state index in [0.29, 0.717) is 30.4 Å². The van der Waals surface area contributed by atoms with Crippen LogP contribution in [-0.4, -0.2) is 33.2 Å². The van der Waals surface area contributed by atoms with Crippen molar-refractivity contribution in [3.05, 3.63) is 59.2 Å². The van der Waals surface area contributed by atoms with Crippen LogP contribution in [0, 0.1) is 5.92 Å². The van der Waals surface area contributed by atoms with Gasteiger partial charge in [0.15, 0.2) is 0 Å². The maximum atomic E-state index is 13.2. The number of aromatic nitrogens is 2. The lowest BCUT2D eigenvalue weighted by molar-refractivity contribution is -0.146. The Labute approximate surface area is 191 Å². The summed E-state index contributed by atoms with van der Waals surface area (Å²) in [5, 5.41) is 5.61. The zero-order valence-electron chi connectivity index (χ0n) is 18.2. The Morgan fingerprint density at radius 1 is 1.22 bits per heavy atom. The highest BCUT2D eigenvalue weighted by molar-refractivity contribution is 7.13. The third-order valence-electron chi connectivity index (χ3n) is 5.89. The fraction of sp³-hybridized carbons (Fsp3) is 0.333. The average molecular weight is 450 g/mol. The first-order valence-corrected chi connectivity index (χ1v) is 11.7. The summed E-state index contributed by atoms with van der Waals surface area (Å²) in [6, 6.07) is 9.76. The minimum absolute atomic E-state index is 0.134. The number of rotatable bonds is 4. The van der Waals surface area contributed by atoms with E-state index in [0.717, 1.165) is 34.5 Å². The molecule has 4 rings (SSSR count). The molecule has 2 aromatic heterocycles. The molecule has 1 aliphatic heterocycles. The molecule has 0 saturated carbocycles. The van der Waals surface area contributed by atoms with Gasteiger partial charge in [-0.25, -0.2) is 9.97 Å². The number of likely N-dealkylation sites (tertiary alicyclic amines) is 1. The number of nitrogen functional groups attached to an aromatic ring is 1. The third kappa shape index (κ3) is 4.65. The monoisotopic (exact) mass is 449 g/mol. The Balaban J connectivity index is 1.52. The first-order valence-electron chi connectivity index (χ1n) is 10.8. The molecule has 7 nitrogen and oxygen atoms in total. The van der Waals surface area contributed by atoms with Gasteiger partial charge in [0, 0.05) is 23.7 Å². The molecule has 1 aromatic carbocycles. The fourth-order valence-corrected chi connectivity index (χ4v) is 4.77. The molecule has 1 saturated heterocycles. The van der Waals surface area contributed by atoms with Crippen LogP contribution in [0.1, 0.15) is 43.9 Å². The number of hydrogen-bond acceptors (Lipinski definition) is 6. The van der Waals surface area contributed by atoms with Crippen LogP contribution >= 0.6 is 11.3 Å². The van der Waals surface area contributed by atoms with E-state index in [4.69, 9.17) is 5.73 Å². The summed E-state index contributed by atoms with van der Waals surface area (Å²) >= 11 is 1.59. The van der Waals surface area contributed by atoms with E-state index in [2.05, 4.69) is 22.2 Å². The van der Waals surface area contributed by atoms with Gasteiger partial charge >= 0.3 is 11.8 Å². The minimum atomic E-state index is -0.655. The minimum Gasteiger partial charge on any atom is -0.383 e. The molecule has 1 unspecified atom stereocenters. The van der Waals surface area contributed by atoms with Gasteiger partial charge < -0.3 is 16.0 Å². The van der Waals surface area contributed by atoms with Gasteiger partial charge in [-0.15, -0.1) is 11.3 Å². The van der Waals surface area contributed by atoms with Crippen LogP contribution in [0.4, 0.5) is 11.5 Å². The van der Waals surface area contributed by atoms with Crippen molar-refractivity contribution in [1.29, 1.82) is 0 Å². The Morgan fingerprint density at radius 3 is 2.69 bits per heavy atom. The highest BCUT2D eigenvalue weighted by Gasteiger charge is 2.34. The van der Waals surface area contributed by atoms with E-state index in [-0.39, 0.29) is 6.04 Å². The van der Waals surface area contributed by atoms with Crippen LogP contribution in [0.15, 0.2) is 48.1 Å². The summed E-state index contributed by atoms with van der Waals surface area (Å²) < 4.78 is 0. The highest BCUT2D eigenvalue weighted by atomic mass is 32.1. The van der Waals surface area contributed by atoms with Crippen LogP contribution in [0.5, 0.6) is 0 Å². The van der Waals surface area contributed by atoms with E-state index in [9.17, 15) is 9.59 Å². The molecular formula is C24H27N5O2S. The molecule has 32 heavy (non-hydrogen) atoms. The van der Waals surface area contributed by atoms with E-state index in [1.54, 1.807) is 28.5 Å². The second-order valence-electron chi connectivity index (χ2n) is 8.19. The van der Waals surface area contributed by atoms with Crippen LogP contribution < -0.4 is 11.1 Å². The van der Waals surface area contributed by atoms with Gasteiger partial charge in [0.25, 0.3) is 0 Å². The quantitative estimate of drug-likeness (QED) is 0.579. The number of thiazole rings is 1. The van der Waals surface area contributed by atoms with Crippen LogP contribution in [0.3, 0.4) is 0 Å². The predicted octanol–water partition coefficient (Wildman–Crippen LogP) is 4.29. The molecule has 0 bridgehead atoms. The smallest absolute Gasteiger partial charge is 0.313 e. The van der Waals surface area contributed by atoms with Gasteiger partial charge in [0.2, 0.25) is 0 Å². The molecule has 1 fully saturated rings. The molecule has 0 spiro atoms. The molecule has 166 valence electrons. The maximum absolute atomic E-state index is 13.2. The molecule has 3 N–H and O–H groups in total. The molecule has 8 heteroatoms. The Hall–Kier alpha value is -3.26. The summed E-state index contributed by atoms with van der Waals surface area (Å²) in [5.41, 5.74) is 9.23. The molecule has 0 aliphatic carbocycles. The summed E-state index contributed by atoms with van der Waals surface area (Å²) in [7, 11) is 0. The largest absolute Gasteiger partial charge is 0.383 e. The van der Waals surface area contributed by atoms with Crippen molar-refractivity contribution in [3.8, 4) is 10.6 Å². The first kappa shape index (κ1) is 22.0. The van der Waals surface area contributed by atoms with Crippen molar-refractivity contribution in [3.63, 3.8) is 0 Å². The van der Waals surface area contributed by atoms with E-state index in [1.807, 2.05) is 36.6 Å². The van der Waals surface area contributed by atoms with Crippen LogP contribution in [0.2, 0.25) is 0 Å². The van der Waals surface area contributed by atoms with Gasteiger partial charge in [-0.1, -0.05) is 38.1 Å². The normalized spacial score (nSPS) is 18.4. The second-order valence-corrected chi connectivity index (χ2v) is 9.09.